The van der Waals surface area contributed by atoms with Crippen LogP contribution < -0.4 is 10.6 Å². The molecule has 1 aromatic heterocycles. The molecular weight excluding hydrogens is 180 g/mol. The van der Waals surface area contributed by atoms with E-state index in [1.165, 1.54) is 0 Å². The molecule has 1 unspecified atom stereocenters. The Morgan fingerprint density at radius 3 is 3.07 bits per heavy atom. The van der Waals surface area contributed by atoms with Crippen molar-refractivity contribution in [2.45, 2.75) is 26.4 Å². The molecule has 0 aromatic carbocycles. The Balaban J connectivity index is 2.27. The number of H-pyrrole nitrogens is 1. The van der Waals surface area contributed by atoms with Crippen molar-refractivity contribution in [1.29, 1.82) is 0 Å². The molecule has 5 heteroatoms. The molecule has 0 aliphatic heterocycles. The molecule has 1 heterocycles. The molecule has 0 spiro atoms. The van der Waals surface area contributed by atoms with Crippen LogP contribution in [-0.4, -0.2) is 28.7 Å². The summed E-state index contributed by atoms with van der Waals surface area (Å²) in [6.45, 7) is 5.02. The molecule has 0 aliphatic carbocycles. The topological polar surface area (TPSA) is 69.8 Å². The molecule has 78 valence electrons. The Hall–Kier alpha value is -1.36. The maximum atomic E-state index is 11.3. The summed E-state index contributed by atoms with van der Waals surface area (Å²) >= 11 is 0. The fraction of sp³-hybridized carbons (Fsp3) is 0.556. The first kappa shape index (κ1) is 10.7. The maximum absolute atomic E-state index is 11.3. The quantitative estimate of drug-likeness (QED) is 0.622. The van der Waals surface area contributed by atoms with E-state index < -0.39 is 0 Å². The number of likely N-dealkylation sites (N-methyl/N-ethyl adjacent to an activating group) is 1. The van der Waals surface area contributed by atoms with E-state index in [0.717, 1.165) is 5.69 Å². The monoisotopic (exact) mass is 196 g/mol. The summed E-state index contributed by atoms with van der Waals surface area (Å²) in [6, 6.07) is 1.69. The highest BCUT2D eigenvalue weighted by molar-refractivity contribution is 5.81. The number of carbonyl (C=O) groups excluding carboxylic acids is 1. The molecular formula is C9H16N4O. The lowest BCUT2D eigenvalue weighted by Gasteiger charge is -2.11. The van der Waals surface area contributed by atoms with E-state index in [2.05, 4.69) is 20.8 Å². The third kappa shape index (κ3) is 3.18. The summed E-state index contributed by atoms with van der Waals surface area (Å²) in [5.41, 5.74) is 0.973. The van der Waals surface area contributed by atoms with Crippen molar-refractivity contribution >= 4 is 5.91 Å². The van der Waals surface area contributed by atoms with E-state index in [-0.39, 0.29) is 11.9 Å². The van der Waals surface area contributed by atoms with Gasteiger partial charge in [0.25, 0.3) is 0 Å². The first-order chi connectivity index (χ1) is 6.74. The maximum Gasteiger partial charge on any atom is 0.236 e. The number of rotatable bonds is 5. The number of hydrogen-bond donors (Lipinski definition) is 3. The molecule has 1 aromatic rings. The average Bonchev–Trinajstić information content (AvgIpc) is 2.67. The van der Waals surface area contributed by atoms with Crippen molar-refractivity contribution in [3.8, 4) is 0 Å². The van der Waals surface area contributed by atoms with Gasteiger partial charge in [0.1, 0.15) is 0 Å². The third-order valence-corrected chi connectivity index (χ3v) is 1.90. The first-order valence-corrected chi connectivity index (χ1v) is 4.73. The van der Waals surface area contributed by atoms with Crippen molar-refractivity contribution in [3.05, 3.63) is 18.0 Å². The van der Waals surface area contributed by atoms with Crippen LogP contribution in [-0.2, 0) is 11.3 Å². The Labute approximate surface area is 83.3 Å². The SMILES string of the molecule is CCNC(=O)C(C)NCc1ccn[nH]1. The summed E-state index contributed by atoms with van der Waals surface area (Å²) in [5, 5.41) is 12.5. The van der Waals surface area contributed by atoms with Gasteiger partial charge in [-0.2, -0.15) is 5.10 Å². The number of carbonyl (C=O) groups is 1. The molecule has 0 fully saturated rings. The van der Waals surface area contributed by atoms with E-state index in [1.54, 1.807) is 6.20 Å². The largest absolute Gasteiger partial charge is 0.355 e. The highest BCUT2D eigenvalue weighted by Gasteiger charge is 2.10. The van der Waals surface area contributed by atoms with E-state index in [4.69, 9.17) is 0 Å². The van der Waals surface area contributed by atoms with E-state index in [0.29, 0.717) is 13.1 Å². The molecule has 0 radical (unpaired) electrons. The van der Waals surface area contributed by atoms with Gasteiger partial charge in [-0.3, -0.25) is 9.89 Å². The van der Waals surface area contributed by atoms with Crippen LogP contribution in [0.4, 0.5) is 0 Å². The van der Waals surface area contributed by atoms with E-state index in [9.17, 15) is 4.79 Å². The van der Waals surface area contributed by atoms with Gasteiger partial charge in [-0.05, 0) is 19.9 Å². The highest BCUT2D eigenvalue weighted by Crippen LogP contribution is 1.91. The number of aromatic nitrogens is 2. The number of amides is 1. The van der Waals surface area contributed by atoms with Crippen molar-refractivity contribution in [1.82, 2.24) is 20.8 Å². The van der Waals surface area contributed by atoms with Crippen LogP contribution in [0.1, 0.15) is 19.5 Å². The number of aromatic amines is 1. The molecule has 3 N–H and O–H groups in total. The molecule has 1 amide bonds. The van der Waals surface area contributed by atoms with Gasteiger partial charge in [-0.15, -0.1) is 0 Å². The van der Waals surface area contributed by atoms with Gasteiger partial charge < -0.3 is 10.6 Å². The van der Waals surface area contributed by atoms with Gasteiger partial charge in [0, 0.05) is 25.0 Å². The van der Waals surface area contributed by atoms with Gasteiger partial charge in [0.2, 0.25) is 5.91 Å². The predicted molar refractivity (Wildman–Crippen MR) is 53.6 cm³/mol. The smallest absolute Gasteiger partial charge is 0.236 e. The van der Waals surface area contributed by atoms with Gasteiger partial charge in [-0.25, -0.2) is 0 Å². The fourth-order valence-electron chi connectivity index (χ4n) is 1.07. The van der Waals surface area contributed by atoms with Gasteiger partial charge in [0.15, 0.2) is 0 Å². The Kier molecular flexibility index (Phi) is 4.12. The van der Waals surface area contributed by atoms with Crippen molar-refractivity contribution in [2.24, 2.45) is 0 Å². The Morgan fingerprint density at radius 1 is 1.71 bits per heavy atom. The summed E-state index contributed by atoms with van der Waals surface area (Å²) in [5.74, 6) is 0.0204. The summed E-state index contributed by atoms with van der Waals surface area (Å²) < 4.78 is 0. The zero-order chi connectivity index (χ0) is 10.4. The Morgan fingerprint density at radius 2 is 2.50 bits per heavy atom. The summed E-state index contributed by atoms with van der Waals surface area (Å²) in [6.07, 6.45) is 1.69. The lowest BCUT2D eigenvalue weighted by atomic mass is 10.3. The van der Waals surface area contributed by atoms with Crippen LogP contribution in [0.15, 0.2) is 12.3 Å². The van der Waals surface area contributed by atoms with Crippen LogP contribution >= 0.6 is 0 Å². The molecule has 0 aliphatic rings. The minimum absolute atomic E-state index is 0.0204. The second-order valence-corrected chi connectivity index (χ2v) is 3.08. The van der Waals surface area contributed by atoms with Crippen molar-refractivity contribution in [3.63, 3.8) is 0 Å². The molecule has 1 atom stereocenters. The lowest BCUT2D eigenvalue weighted by molar-refractivity contribution is -0.122. The molecule has 0 bridgehead atoms. The third-order valence-electron chi connectivity index (χ3n) is 1.90. The second-order valence-electron chi connectivity index (χ2n) is 3.08. The molecule has 0 saturated carbocycles. The Bertz CT molecular complexity index is 270. The normalized spacial score (nSPS) is 12.4. The minimum Gasteiger partial charge on any atom is -0.355 e. The number of nitrogens with one attached hydrogen (secondary N) is 3. The second kappa shape index (κ2) is 5.39. The summed E-state index contributed by atoms with van der Waals surface area (Å²) in [4.78, 5) is 11.3. The van der Waals surface area contributed by atoms with Crippen LogP contribution in [0.5, 0.6) is 0 Å². The molecule has 0 saturated heterocycles. The lowest BCUT2D eigenvalue weighted by Crippen LogP contribution is -2.41. The van der Waals surface area contributed by atoms with Crippen molar-refractivity contribution < 1.29 is 4.79 Å². The van der Waals surface area contributed by atoms with E-state index in [1.807, 2.05) is 19.9 Å². The highest BCUT2D eigenvalue weighted by atomic mass is 16.2. The molecule has 14 heavy (non-hydrogen) atoms. The number of nitrogens with zero attached hydrogens (tertiary/aromatic N) is 1. The van der Waals surface area contributed by atoms with E-state index >= 15 is 0 Å². The van der Waals surface area contributed by atoms with Gasteiger partial charge in [0.05, 0.1) is 6.04 Å². The van der Waals surface area contributed by atoms with Gasteiger partial charge >= 0.3 is 0 Å². The van der Waals surface area contributed by atoms with Gasteiger partial charge in [-0.1, -0.05) is 0 Å². The minimum atomic E-state index is -0.182. The predicted octanol–water partition coefficient (Wildman–Crippen LogP) is 0.0239. The first-order valence-electron chi connectivity index (χ1n) is 4.73. The van der Waals surface area contributed by atoms with Crippen LogP contribution in [0.3, 0.4) is 0 Å². The zero-order valence-corrected chi connectivity index (χ0v) is 8.50. The zero-order valence-electron chi connectivity index (χ0n) is 8.50. The number of hydrogen-bond acceptors (Lipinski definition) is 3. The fourth-order valence-corrected chi connectivity index (χ4v) is 1.07. The standard InChI is InChI=1S/C9H16N4O/c1-3-10-9(14)7(2)11-6-8-4-5-12-13-8/h4-5,7,11H,3,6H2,1-2H3,(H,10,14)(H,12,13). The average molecular weight is 196 g/mol. The summed E-state index contributed by atoms with van der Waals surface area (Å²) in [7, 11) is 0. The van der Waals surface area contributed by atoms with Crippen LogP contribution in [0.25, 0.3) is 0 Å². The van der Waals surface area contributed by atoms with Crippen LogP contribution in [0.2, 0.25) is 0 Å². The van der Waals surface area contributed by atoms with Crippen molar-refractivity contribution in [2.75, 3.05) is 6.54 Å². The van der Waals surface area contributed by atoms with Crippen LogP contribution in [0, 0.1) is 0 Å². The molecule has 1 rings (SSSR count). The molecule has 5 nitrogen and oxygen atoms in total.